The van der Waals surface area contributed by atoms with E-state index in [1.807, 2.05) is 6.92 Å². The lowest BCUT2D eigenvalue weighted by molar-refractivity contribution is 0.412. The zero-order chi connectivity index (χ0) is 15.4. The molecule has 0 unspecified atom stereocenters. The number of hydrogen-bond donors (Lipinski definition) is 2. The van der Waals surface area contributed by atoms with Crippen molar-refractivity contribution in [3.8, 4) is 10.6 Å². The highest BCUT2D eigenvalue weighted by atomic mass is 32.1. The van der Waals surface area contributed by atoms with E-state index in [2.05, 4.69) is 33.1 Å². The molecule has 1 saturated carbocycles. The quantitative estimate of drug-likeness (QED) is 0.797. The Bertz CT molecular complexity index is 626. The number of aromatic nitrogens is 1. The third-order valence-electron chi connectivity index (χ3n) is 3.90. The minimum atomic E-state index is 0.561. The highest BCUT2D eigenvalue weighted by Gasteiger charge is 2.14. The summed E-state index contributed by atoms with van der Waals surface area (Å²) < 4.78 is 0. The van der Waals surface area contributed by atoms with Crippen LogP contribution in [0.2, 0.25) is 0 Å². The van der Waals surface area contributed by atoms with Crippen LogP contribution in [0.25, 0.3) is 10.6 Å². The van der Waals surface area contributed by atoms with E-state index in [-0.39, 0.29) is 0 Å². The van der Waals surface area contributed by atoms with Crippen molar-refractivity contribution in [1.29, 1.82) is 0 Å². The highest BCUT2D eigenvalue weighted by molar-refractivity contribution is 7.80. The molecule has 6 heteroatoms. The van der Waals surface area contributed by atoms with Gasteiger partial charge in [0.25, 0.3) is 0 Å². The zero-order valence-corrected chi connectivity index (χ0v) is 15.2. The molecule has 0 spiro atoms. The van der Waals surface area contributed by atoms with Gasteiger partial charge in [0, 0.05) is 16.3 Å². The second-order valence-electron chi connectivity index (χ2n) is 5.68. The van der Waals surface area contributed by atoms with Crippen LogP contribution >= 0.6 is 34.9 Å². The standard InChI is InChI=1S/C16H21N3S3/c1-11-18-14(10-21-11)15-8-7-13(22-15)9-17-16(20)19-12-5-3-2-4-6-12/h7-8,10,12H,2-6,9H2,1H3,(H2,17,19,20). The molecule has 1 fully saturated rings. The molecule has 0 aromatic carbocycles. The van der Waals surface area contributed by atoms with Crippen LogP contribution in [-0.2, 0) is 6.54 Å². The van der Waals surface area contributed by atoms with Crippen molar-refractivity contribution in [2.24, 2.45) is 0 Å². The monoisotopic (exact) mass is 351 g/mol. The maximum atomic E-state index is 5.41. The number of nitrogens with one attached hydrogen (secondary N) is 2. The normalized spacial score (nSPS) is 15.7. The van der Waals surface area contributed by atoms with Gasteiger partial charge in [0.15, 0.2) is 5.11 Å². The summed E-state index contributed by atoms with van der Waals surface area (Å²) in [5.41, 5.74) is 1.08. The van der Waals surface area contributed by atoms with Crippen molar-refractivity contribution in [2.75, 3.05) is 0 Å². The van der Waals surface area contributed by atoms with Crippen LogP contribution in [0.3, 0.4) is 0 Å². The van der Waals surface area contributed by atoms with E-state index >= 15 is 0 Å². The van der Waals surface area contributed by atoms with Gasteiger partial charge in [-0.15, -0.1) is 22.7 Å². The van der Waals surface area contributed by atoms with E-state index in [9.17, 15) is 0 Å². The summed E-state index contributed by atoms with van der Waals surface area (Å²) in [7, 11) is 0. The van der Waals surface area contributed by atoms with Gasteiger partial charge in [-0.3, -0.25) is 0 Å². The van der Waals surface area contributed by atoms with Gasteiger partial charge in [-0.1, -0.05) is 19.3 Å². The van der Waals surface area contributed by atoms with Crippen LogP contribution in [0.15, 0.2) is 17.5 Å². The second-order valence-corrected chi connectivity index (χ2v) is 8.32. The summed E-state index contributed by atoms with van der Waals surface area (Å²) in [6.07, 6.45) is 6.50. The van der Waals surface area contributed by atoms with E-state index in [1.165, 1.54) is 41.9 Å². The Labute approximate surface area is 145 Å². The Morgan fingerprint density at radius 3 is 2.86 bits per heavy atom. The summed E-state index contributed by atoms with van der Waals surface area (Å²) in [5, 5.41) is 10.8. The molecular formula is C16H21N3S3. The number of hydrogen-bond acceptors (Lipinski definition) is 4. The minimum Gasteiger partial charge on any atom is -0.360 e. The number of thiazole rings is 1. The molecule has 3 nitrogen and oxygen atoms in total. The molecule has 2 heterocycles. The first-order chi connectivity index (χ1) is 10.7. The lowest BCUT2D eigenvalue weighted by atomic mass is 9.96. The fraction of sp³-hybridized carbons (Fsp3) is 0.500. The van der Waals surface area contributed by atoms with Crippen LogP contribution in [0.4, 0.5) is 0 Å². The minimum absolute atomic E-state index is 0.561. The molecule has 0 radical (unpaired) electrons. The SMILES string of the molecule is Cc1nc(-c2ccc(CNC(=S)NC3CCCCC3)s2)cs1. The molecule has 0 aliphatic heterocycles. The first-order valence-electron chi connectivity index (χ1n) is 7.76. The van der Waals surface area contributed by atoms with Gasteiger partial charge in [-0.2, -0.15) is 0 Å². The maximum absolute atomic E-state index is 5.41. The maximum Gasteiger partial charge on any atom is 0.166 e. The zero-order valence-electron chi connectivity index (χ0n) is 12.7. The van der Waals surface area contributed by atoms with Gasteiger partial charge >= 0.3 is 0 Å². The van der Waals surface area contributed by atoms with Gasteiger partial charge in [-0.25, -0.2) is 4.98 Å². The van der Waals surface area contributed by atoms with Gasteiger partial charge in [0.2, 0.25) is 0 Å². The summed E-state index contributed by atoms with van der Waals surface area (Å²) in [5.74, 6) is 0. The van der Waals surface area contributed by atoms with Crippen molar-refractivity contribution in [2.45, 2.75) is 51.6 Å². The number of aryl methyl sites for hydroxylation is 1. The van der Waals surface area contributed by atoms with Crippen molar-refractivity contribution in [3.05, 3.63) is 27.4 Å². The Balaban J connectivity index is 1.49. The topological polar surface area (TPSA) is 37.0 Å². The summed E-state index contributed by atoms with van der Waals surface area (Å²) in [4.78, 5) is 7.05. The molecule has 2 aromatic rings. The summed E-state index contributed by atoms with van der Waals surface area (Å²) in [6, 6.07) is 4.87. The number of rotatable bonds is 4. The largest absolute Gasteiger partial charge is 0.360 e. The van der Waals surface area contributed by atoms with Crippen LogP contribution in [-0.4, -0.2) is 16.1 Å². The van der Waals surface area contributed by atoms with Crippen LogP contribution in [0.1, 0.15) is 42.0 Å². The predicted octanol–water partition coefficient (Wildman–Crippen LogP) is 4.48. The summed E-state index contributed by atoms with van der Waals surface area (Å²) >= 11 is 8.89. The van der Waals surface area contributed by atoms with Crippen molar-refractivity contribution in [3.63, 3.8) is 0 Å². The first kappa shape index (κ1) is 15.9. The molecule has 22 heavy (non-hydrogen) atoms. The highest BCUT2D eigenvalue weighted by Crippen LogP contribution is 2.28. The van der Waals surface area contributed by atoms with Crippen molar-refractivity contribution in [1.82, 2.24) is 15.6 Å². The molecule has 0 atom stereocenters. The van der Waals surface area contributed by atoms with Crippen LogP contribution < -0.4 is 10.6 Å². The van der Waals surface area contributed by atoms with Gasteiger partial charge in [-0.05, 0) is 44.1 Å². The van der Waals surface area contributed by atoms with E-state index < -0.39 is 0 Å². The smallest absolute Gasteiger partial charge is 0.166 e. The number of nitrogens with zero attached hydrogens (tertiary/aromatic N) is 1. The van der Waals surface area contributed by atoms with E-state index in [0.29, 0.717) is 6.04 Å². The van der Waals surface area contributed by atoms with Crippen molar-refractivity contribution < 1.29 is 0 Å². The van der Waals surface area contributed by atoms with Gasteiger partial charge in [0.05, 0.1) is 22.1 Å². The molecule has 3 rings (SSSR count). The molecule has 0 saturated heterocycles. The van der Waals surface area contributed by atoms with E-state index in [1.54, 1.807) is 22.7 Å². The molecule has 0 bridgehead atoms. The third kappa shape index (κ3) is 4.27. The van der Waals surface area contributed by atoms with E-state index in [4.69, 9.17) is 12.2 Å². The average Bonchev–Trinajstić information content (AvgIpc) is 3.15. The Hall–Kier alpha value is -0.980. The van der Waals surface area contributed by atoms with Crippen LogP contribution in [0, 0.1) is 6.92 Å². The molecule has 2 aromatic heterocycles. The average molecular weight is 352 g/mol. The second kappa shape index (κ2) is 7.53. The van der Waals surface area contributed by atoms with Crippen LogP contribution in [0.5, 0.6) is 0 Å². The third-order valence-corrected chi connectivity index (χ3v) is 6.04. The first-order valence-corrected chi connectivity index (χ1v) is 9.87. The molecular weight excluding hydrogens is 330 g/mol. The predicted molar refractivity (Wildman–Crippen MR) is 99.6 cm³/mol. The molecule has 118 valence electrons. The lowest BCUT2D eigenvalue weighted by Crippen LogP contribution is -2.42. The number of thiophene rings is 1. The number of thiocarbonyl (C=S) groups is 1. The molecule has 0 amide bonds. The van der Waals surface area contributed by atoms with Crippen molar-refractivity contribution >= 4 is 40.0 Å². The Morgan fingerprint density at radius 2 is 2.14 bits per heavy atom. The van der Waals surface area contributed by atoms with Gasteiger partial charge in [0.1, 0.15) is 0 Å². The lowest BCUT2D eigenvalue weighted by Gasteiger charge is -2.24. The molecule has 1 aliphatic rings. The fourth-order valence-electron chi connectivity index (χ4n) is 2.74. The Kier molecular flexibility index (Phi) is 5.44. The molecule has 2 N–H and O–H groups in total. The van der Waals surface area contributed by atoms with E-state index in [0.717, 1.165) is 22.4 Å². The Morgan fingerprint density at radius 1 is 1.32 bits per heavy atom. The summed E-state index contributed by atoms with van der Waals surface area (Å²) in [6.45, 7) is 2.83. The van der Waals surface area contributed by atoms with Gasteiger partial charge < -0.3 is 10.6 Å². The fourth-order valence-corrected chi connectivity index (χ4v) is 4.57. The molecule has 1 aliphatic carbocycles.